The van der Waals surface area contributed by atoms with Crippen LogP contribution in [0.3, 0.4) is 0 Å². The zero-order valence-corrected chi connectivity index (χ0v) is 12.4. The number of carbonyl (C=O) groups is 1. The van der Waals surface area contributed by atoms with Crippen LogP contribution in [0.4, 0.5) is 5.13 Å². The van der Waals surface area contributed by atoms with E-state index in [0.717, 1.165) is 4.88 Å². The number of thiazole rings is 1. The van der Waals surface area contributed by atoms with Crippen molar-refractivity contribution in [2.45, 2.75) is 20.0 Å². The molecule has 7 heteroatoms. The van der Waals surface area contributed by atoms with Gasteiger partial charge in [0.2, 0.25) is 6.79 Å². The summed E-state index contributed by atoms with van der Waals surface area (Å²) in [7, 11) is 0. The van der Waals surface area contributed by atoms with Gasteiger partial charge in [-0.25, -0.2) is 4.98 Å². The molecule has 0 saturated heterocycles. The van der Waals surface area contributed by atoms with Crippen molar-refractivity contribution in [3.05, 3.63) is 29.3 Å². The highest BCUT2D eigenvalue weighted by atomic mass is 32.1. The molecule has 0 saturated carbocycles. The molecule has 1 aliphatic rings. The van der Waals surface area contributed by atoms with Crippen molar-refractivity contribution in [1.29, 1.82) is 0 Å². The largest absolute Gasteiger partial charge is 0.481 e. The first kappa shape index (κ1) is 13.7. The molecule has 0 aliphatic carbocycles. The van der Waals surface area contributed by atoms with E-state index in [-0.39, 0.29) is 12.7 Å². The first-order chi connectivity index (χ1) is 10.1. The van der Waals surface area contributed by atoms with Gasteiger partial charge in [-0.15, -0.1) is 11.3 Å². The Hall–Kier alpha value is -2.28. The Morgan fingerprint density at radius 3 is 3.00 bits per heavy atom. The van der Waals surface area contributed by atoms with Gasteiger partial charge in [0.25, 0.3) is 5.91 Å². The summed E-state index contributed by atoms with van der Waals surface area (Å²) in [6, 6.07) is 5.21. The maximum atomic E-state index is 12.0. The monoisotopic (exact) mass is 306 g/mol. The van der Waals surface area contributed by atoms with Crippen LogP contribution in [0.2, 0.25) is 0 Å². The fourth-order valence-corrected chi connectivity index (χ4v) is 2.49. The number of anilines is 1. The summed E-state index contributed by atoms with van der Waals surface area (Å²) in [5.74, 6) is 1.60. The van der Waals surface area contributed by atoms with Crippen LogP contribution in [0, 0.1) is 6.92 Å². The molecular weight excluding hydrogens is 292 g/mol. The van der Waals surface area contributed by atoms with Gasteiger partial charge < -0.3 is 14.2 Å². The summed E-state index contributed by atoms with van der Waals surface area (Å²) in [5, 5.41) is 3.29. The average molecular weight is 306 g/mol. The second-order valence-corrected chi connectivity index (χ2v) is 5.78. The van der Waals surface area contributed by atoms with Gasteiger partial charge in [-0.3, -0.25) is 10.1 Å². The van der Waals surface area contributed by atoms with Crippen LogP contribution in [-0.2, 0) is 4.79 Å². The topological polar surface area (TPSA) is 69.7 Å². The molecule has 6 nitrogen and oxygen atoms in total. The predicted octanol–water partition coefficient (Wildman–Crippen LogP) is 2.59. The number of aryl methyl sites for hydroxylation is 1. The lowest BCUT2D eigenvalue weighted by Gasteiger charge is -2.13. The molecular formula is C14H14N2O4S. The number of ether oxygens (including phenoxy) is 3. The molecule has 110 valence electrons. The van der Waals surface area contributed by atoms with Crippen LogP contribution in [0.25, 0.3) is 0 Å². The lowest BCUT2D eigenvalue weighted by Crippen LogP contribution is -2.30. The second-order valence-electron chi connectivity index (χ2n) is 4.54. The lowest BCUT2D eigenvalue weighted by molar-refractivity contribution is -0.122. The van der Waals surface area contributed by atoms with Gasteiger partial charge >= 0.3 is 0 Å². The third-order valence-electron chi connectivity index (χ3n) is 2.88. The van der Waals surface area contributed by atoms with E-state index in [1.165, 1.54) is 11.3 Å². The highest BCUT2D eigenvalue weighted by Gasteiger charge is 2.19. The molecule has 0 spiro atoms. The van der Waals surface area contributed by atoms with E-state index in [1.54, 1.807) is 31.3 Å². The number of hydrogen-bond acceptors (Lipinski definition) is 6. The highest BCUT2D eigenvalue weighted by molar-refractivity contribution is 7.15. The molecule has 1 aromatic heterocycles. The Morgan fingerprint density at radius 2 is 2.24 bits per heavy atom. The summed E-state index contributed by atoms with van der Waals surface area (Å²) < 4.78 is 16.1. The molecule has 2 aromatic rings. The van der Waals surface area contributed by atoms with Crippen molar-refractivity contribution in [3.63, 3.8) is 0 Å². The summed E-state index contributed by atoms with van der Waals surface area (Å²) in [6.07, 6.45) is 1.07. The summed E-state index contributed by atoms with van der Waals surface area (Å²) in [4.78, 5) is 17.2. The molecule has 21 heavy (non-hydrogen) atoms. The van der Waals surface area contributed by atoms with Crippen molar-refractivity contribution >= 4 is 22.4 Å². The van der Waals surface area contributed by atoms with E-state index in [4.69, 9.17) is 14.2 Å². The van der Waals surface area contributed by atoms with Crippen molar-refractivity contribution in [3.8, 4) is 17.2 Å². The van der Waals surface area contributed by atoms with Crippen molar-refractivity contribution in [2.24, 2.45) is 0 Å². The number of benzene rings is 1. The maximum Gasteiger partial charge on any atom is 0.266 e. The van der Waals surface area contributed by atoms with E-state index < -0.39 is 6.10 Å². The predicted molar refractivity (Wildman–Crippen MR) is 78.1 cm³/mol. The minimum absolute atomic E-state index is 0.207. The Bertz CT molecular complexity index is 671. The second kappa shape index (κ2) is 5.61. The van der Waals surface area contributed by atoms with Gasteiger partial charge in [0.15, 0.2) is 22.7 Å². The van der Waals surface area contributed by atoms with Gasteiger partial charge in [-0.05, 0) is 26.0 Å². The van der Waals surface area contributed by atoms with Crippen LogP contribution < -0.4 is 19.5 Å². The lowest BCUT2D eigenvalue weighted by atomic mass is 10.3. The number of amides is 1. The number of carbonyl (C=O) groups excluding carboxylic acids is 1. The van der Waals surface area contributed by atoms with Crippen molar-refractivity contribution in [2.75, 3.05) is 12.1 Å². The molecule has 0 bridgehead atoms. The van der Waals surface area contributed by atoms with Gasteiger partial charge in [0.1, 0.15) is 5.75 Å². The SMILES string of the molecule is Cc1cnc(NC(=O)[C@H](C)Oc2ccc3c(c2)OCO3)s1. The zero-order valence-electron chi connectivity index (χ0n) is 11.6. The molecule has 1 atom stereocenters. The van der Waals surface area contributed by atoms with E-state index in [0.29, 0.717) is 22.4 Å². The first-order valence-electron chi connectivity index (χ1n) is 6.41. The van der Waals surface area contributed by atoms with Crippen LogP contribution in [0.1, 0.15) is 11.8 Å². The van der Waals surface area contributed by atoms with E-state index in [2.05, 4.69) is 10.3 Å². The standard InChI is InChI=1S/C14H14N2O4S/c1-8-6-15-14(21-8)16-13(17)9(2)20-10-3-4-11-12(5-10)19-7-18-11/h3-6,9H,7H2,1-2H3,(H,15,16,17)/t9-/m0/s1. The van der Waals surface area contributed by atoms with Gasteiger partial charge in [-0.2, -0.15) is 0 Å². The highest BCUT2D eigenvalue weighted by Crippen LogP contribution is 2.35. The van der Waals surface area contributed by atoms with Crippen LogP contribution in [-0.4, -0.2) is 23.8 Å². The number of nitrogens with one attached hydrogen (secondary N) is 1. The normalized spacial score (nSPS) is 13.8. The average Bonchev–Trinajstić information content (AvgIpc) is 3.07. The number of aromatic nitrogens is 1. The van der Waals surface area contributed by atoms with Gasteiger partial charge in [0.05, 0.1) is 0 Å². The zero-order chi connectivity index (χ0) is 14.8. The number of nitrogens with zero attached hydrogens (tertiary/aromatic N) is 1. The Morgan fingerprint density at radius 1 is 1.43 bits per heavy atom. The Labute approximate surface area is 125 Å². The molecule has 2 heterocycles. The molecule has 1 aromatic carbocycles. The minimum atomic E-state index is -0.644. The van der Waals surface area contributed by atoms with E-state index in [1.807, 2.05) is 6.92 Å². The van der Waals surface area contributed by atoms with Crippen LogP contribution in [0.5, 0.6) is 17.2 Å². The quantitative estimate of drug-likeness (QED) is 0.940. The van der Waals surface area contributed by atoms with Gasteiger partial charge in [-0.1, -0.05) is 0 Å². The molecule has 1 aliphatic heterocycles. The summed E-state index contributed by atoms with van der Waals surface area (Å²) in [5.41, 5.74) is 0. The fourth-order valence-electron chi connectivity index (χ4n) is 1.83. The van der Waals surface area contributed by atoms with E-state index in [9.17, 15) is 4.79 Å². The third-order valence-corrected chi connectivity index (χ3v) is 3.71. The molecule has 3 rings (SSSR count). The molecule has 0 radical (unpaired) electrons. The smallest absolute Gasteiger partial charge is 0.266 e. The van der Waals surface area contributed by atoms with Crippen molar-refractivity contribution < 1.29 is 19.0 Å². The minimum Gasteiger partial charge on any atom is -0.481 e. The molecule has 0 fully saturated rings. The molecule has 0 unspecified atom stereocenters. The molecule has 1 amide bonds. The summed E-state index contributed by atoms with van der Waals surface area (Å²) >= 11 is 1.42. The number of rotatable bonds is 4. The van der Waals surface area contributed by atoms with Gasteiger partial charge in [0, 0.05) is 17.1 Å². The Balaban J connectivity index is 1.62. The third kappa shape index (κ3) is 3.08. The Kier molecular flexibility index (Phi) is 3.66. The maximum absolute atomic E-state index is 12.0. The molecule has 1 N–H and O–H groups in total. The fraction of sp³-hybridized carbons (Fsp3) is 0.286. The van der Waals surface area contributed by atoms with E-state index >= 15 is 0 Å². The number of fused-ring (bicyclic) bond motifs is 1. The van der Waals surface area contributed by atoms with Crippen LogP contribution in [0.15, 0.2) is 24.4 Å². The summed E-state index contributed by atoms with van der Waals surface area (Å²) in [6.45, 7) is 3.82. The van der Waals surface area contributed by atoms with Crippen LogP contribution >= 0.6 is 11.3 Å². The first-order valence-corrected chi connectivity index (χ1v) is 7.23. The number of hydrogen-bond donors (Lipinski definition) is 1. The van der Waals surface area contributed by atoms with Crippen molar-refractivity contribution in [1.82, 2.24) is 4.98 Å².